The van der Waals surface area contributed by atoms with Crippen LogP contribution in [0.4, 0.5) is 5.69 Å². The molecule has 0 spiro atoms. The van der Waals surface area contributed by atoms with Crippen LogP contribution >= 0.6 is 0 Å². The van der Waals surface area contributed by atoms with Crippen LogP contribution in [0.1, 0.15) is 26.3 Å². The molecule has 2 rings (SSSR count). The Hall–Kier alpha value is -2.24. The number of nitrogen functional groups attached to an aromatic ring is 1. The van der Waals surface area contributed by atoms with Gasteiger partial charge in [0.15, 0.2) is 5.58 Å². The maximum absolute atomic E-state index is 11.9. The molecule has 0 fully saturated rings. The predicted octanol–water partition coefficient (Wildman–Crippen LogP) is 1.26. The lowest BCUT2D eigenvalue weighted by Crippen LogP contribution is -2.34. The standard InChI is InChI=1S/C13H17N3O3/c1-3-6-15-12(17)8(2)16-10-7-9(14)4-5-11(10)19-13(16)18/h4-5,7-8H,3,6,14H2,1-2H3,(H,15,17). The Morgan fingerprint density at radius 3 is 2.95 bits per heavy atom. The summed E-state index contributed by atoms with van der Waals surface area (Å²) in [4.78, 5) is 23.8. The van der Waals surface area contributed by atoms with E-state index < -0.39 is 11.8 Å². The zero-order valence-corrected chi connectivity index (χ0v) is 11.0. The van der Waals surface area contributed by atoms with E-state index in [0.717, 1.165) is 6.42 Å². The van der Waals surface area contributed by atoms with Crippen LogP contribution in [0, 0.1) is 0 Å². The van der Waals surface area contributed by atoms with Crippen molar-refractivity contribution in [2.45, 2.75) is 26.3 Å². The van der Waals surface area contributed by atoms with Crippen LogP contribution in [0.5, 0.6) is 0 Å². The average Bonchev–Trinajstić information content (AvgIpc) is 2.70. The van der Waals surface area contributed by atoms with Gasteiger partial charge in [0, 0.05) is 12.2 Å². The number of rotatable bonds is 4. The predicted molar refractivity (Wildman–Crippen MR) is 72.9 cm³/mol. The van der Waals surface area contributed by atoms with Crippen molar-refractivity contribution in [3.05, 3.63) is 28.7 Å². The van der Waals surface area contributed by atoms with E-state index in [1.165, 1.54) is 4.57 Å². The maximum atomic E-state index is 11.9. The van der Waals surface area contributed by atoms with E-state index in [9.17, 15) is 9.59 Å². The summed E-state index contributed by atoms with van der Waals surface area (Å²) < 4.78 is 6.42. The van der Waals surface area contributed by atoms with E-state index in [1.807, 2.05) is 6.92 Å². The van der Waals surface area contributed by atoms with Crippen LogP contribution in [0.2, 0.25) is 0 Å². The molecule has 1 unspecified atom stereocenters. The number of nitrogens with zero attached hydrogens (tertiary/aromatic N) is 1. The van der Waals surface area contributed by atoms with Gasteiger partial charge in [0.25, 0.3) is 0 Å². The molecule has 2 aromatic rings. The van der Waals surface area contributed by atoms with E-state index in [-0.39, 0.29) is 5.91 Å². The van der Waals surface area contributed by atoms with Crippen molar-refractivity contribution in [1.82, 2.24) is 9.88 Å². The number of oxazole rings is 1. The zero-order chi connectivity index (χ0) is 14.0. The summed E-state index contributed by atoms with van der Waals surface area (Å²) >= 11 is 0. The monoisotopic (exact) mass is 263 g/mol. The molecule has 0 radical (unpaired) electrons. The molecule has 6 nitrogen and oxygen atoms in total. The Balaban J connectivity index is 2.43. The van der Waals surface area contributed by atoms with Crippen LogP contribution in [-0.4, -0.2) is 17.0 Å². The molecule has 1 amide bonds. The first-order valence-corrected chi connectivity index (χ1v) is 6.23. The minimum Gasteiger partial charge on any atom is -0.408 e. The van der Waals surface area contributed by atoms with Crippen molar-refractivity contribution in [3.63, 3.8) is 0 Å². The van der Waals surface area contributed by atoms with Gasteiger partial charge in [0.1, 0.15) is 6.04 Å². The Kier molecular flexibility index (Phi) is 3.59. The minimum atomic E-state index is -0.637. The average molecular weight is 263 g/mol. The SMILES string of the molecule is CCCNC(=O)C(C)n1c(=O)oc2ccc(N)cc21. The summed E-state index contributed by atoms with van der Waals surface area (Å²) in [5, 5.41) is 2.76. The number of amides is 1. The zero-order valence-electron chi connectivity index (χ0n) is 11.0. The van der Waals surface area contributed by atoms with Gasteiger partial charge in [0.2, 0.25) is 5.91 Å². The molecule has 1 heterocycles. The van der Waals surface area contributed by atoms with Crippen molar-refractivity contribution in [1.29, 1.82) is 0 Å². The van der Waals surface area contributed by atoms with E-state index in [1.54, 1.807) is 25.1 Å². The first kappa shape index (κ1) is 13.2. The fraction of sp³-hybridized carbons (Fsp3) is 0.385. The summed E-state index contributed by atoms with van der Waals surface area (Å²) in [6, 6.07) is 4.27. The number of nitrogens with two attached hydrogens (primary N) is 1. The summed E-state index contributed by atoms with van der Waals surface area (Å²) in [5.74, 6) is -0.770. The number of hydrogen-bond acceptors (Lipinski definition) is 4. The number of anilines is 1. The van der Waals surface area contributed by atoms with E-state index in [0.29, 0.717) is 23.3 Å². The number of aromatic nitrogens is 1. The molecule has 0 aliphatic rings. The number of hydrogen-bond donors (Lipinski definition) is 2. The normalized spacial score (nSPS) is 12.5. The molecular weight excluding hydrogens is 246 g/mol. The van der Waals surface area contributed by atoms with Gasteiger partial charge in [-0.2, -0.15) is 0 Å². The highest BCUT2D eigenvalue weighted by Gasteiger charge is 2.20. The quantitative estimate of drug-likeness (QED) is 0.813. The smallest absolute Gasteiger partial charge is 0.408 e. The molecule has 6 heteroatoms. The molecule has 0 saturated carbocycles. The highest BCUT2D eigenvalue weighted by Crippen LogP contribution is 2.19. The molecule has 0 aliphatic carbocycles. The van der Waals surface area contributed by atoms with Crippen LogP contribution in [0.3, 0.4) is 0 Å². The Labute approximate surface area is 110 Å². The van der Waals surface area contributed by atoms with Gasteiger partial charge in [0.05, 0.1) is 5.52 Å². The Morgan fingerprint density at radius 1 is 1.53 bits per heavy atom. The first-order valence-electron chi connectivity index (χ1n) is 6.23. The number of nitrogens with one attached hydrogen (secondary N) is 1. The fourth-order valence-corrected chi connectivity index (χ4v) is 1.93. The summed E-state index contributed by atoms with van der Waals surface area (Å²) in [6.07, 6.45) is 0.840. The molecule has 1 aromatic heterocycles. The summed E-state index contributed by atoms with van der Waals surface area (Å²) in [5.41, 5.74) is 7.17. The molecular formula is C13H17N3O3. The van der Waals surface area contributed by atoms with Crippen molar-refractivity contribution >= 4 is 22.7 Å². The van der Waals surface area contributed by atoms with Gasteiger partial charge in [-0.25, -0.2) is 4.79 Å². The van der Waals surface area contributed by atoms with Crippen molar-refractivity contribution in [2.24, 2.45) is 0 Å². The molecule has 0 bridgehead atoms. The lowest BCUT2D eigenvalue weighted by atomic mass is 10.2. The first-order chi connectivity index (χ1) is 9.04. The van der Waals surface area contributed by atoms with Crippen LogP contribution in [-0.2, 0) is 4.79 Å². The van der Waals surface area contributed by atoms with Crippen molar-refractivity contribution < 1.29 is 9.21 Å². The molecule has 0 saturated heterocycles. The molecule has 3 N–H and O–H groups in total. The third kappa shape index (κ3) is 2.47. The van der Waals surface area contributed by atoms with E-state index >= 15 is 0 Å². The van der Waals surface area contributed by atoms with Gasteiger partial charge < -0.3 is 15.5 Å². The van der Waals surface area contributed by atoms with E-state index in [2.05, 4.69) is 5.32 Å². The van der Waals surface area contributed by atoms with Crippen LogP contribution < -0.4 is 16.8 Å². The van der Waals surface area contributed by atoms with Gasteiger partial charge in [-0.05, 0) is 31.5 Å². The molecule has 102 valence electrons. The summed E-state index contributed by atoms with van der Waals surface area (Å²) in [6.45, 7) is 4.20. The van der Waals surface area contributed by atoms with Gasteiger partial charge in [-0.3, -0.25) is 9.36 Å². The highest BCUT2D eigenvalue weighted by molar-refractivity contribution is 5.83. The minimum absolute atomic E-state index is 0.214. The Bertz CT molecular complexity index is 657. The second-order valence-electron chi connectivity index (χ2n) is 4.43. The number of fused-ring (bicyclic) bond motifs is 1. The number of carbonyl (C=O) groups is 1. The van der Waals surface area contributed by atoms with Crippen LogP contribution in [0.25, 0.3) is 11.1 Å². The second kappa shape index (κ2) is 5.17. The van der Waals surface area contributed by atoms with E-state index in [4.69, 9.17) is 10.2 Å². The lowest BCUT2D eigenvalue weighted by Gasteiger charge is -2.12. The molecule has 1 aromatic carbocycles. The fourth-order valence-electron chi connectivity index (χ4n) is 1.93. The number of benzene rings is 1. The van der Waals surface area contributed by atoms with Crippen molar-refractivity contribution in [2.75, 3.05) is 12.3 Å². The third-order valence-corrected chi connectivity index (χ3v) is 2.95. The largest absolute Gasteiger partial charge is 0.420 e. The molecule has 1 atom stereocenters. The van der Waals surface area contributed by atoms with Crippen LogP contribution in [0.15, 0.2) is 27.4 Å². The van der Waals surface area contributed by atoms with Gasteiger partial charge in [-0.1, -0.05) is 6.92 Å². The van der Waals surface area contributed by atoms with Crippen molar-refractivity contribution in [3.8, 4) is 0 Å². The van der Waals surface area contributed by atoms with Gasteiger partial charge in [-0.15, -0.1) is 0 Å². The topological polar surface area (TPSA) is 90.3 Å². The third-order valence-electron chi connectivity index (χ3n) is 2.95. The molecule has 19 heavy (non-hydrogen) atoms. The summed E-state index contributed by atoms with van der Waals surface area (Å²) in [7, 11) is 0. The van der Waals surface area contributed by atoms with Gasteiger partial charge >= 0.3 is 5.76 Å². The maximum Gasteiger partial charge on any atom is 0.420 e. The second-order valence-corrected chi connectivity index (χ2v) is 4.43. The highest BCUT2D eigenvalue weighted by atomic mass is 16.4. The lowest BCUT2D eigenvalue weighted by molar-refractivity contribution is -0.123. The number of carbonyl (C=O) groups excluding carboxylic acids is 1. The molecule has 0 aliphatic heterocycles. The Morgan fingerprint density at radius 2 is 2.26 bits per heavy atom.